The molecule has 2 atom stereocenters. The number of aromatic carboxylic acids is 1. The molecule has 2 unspecified atom stereocenters. The zero-order chi connectivity index (χ0) is 14.3. The van der Waals surface area contributed by atoms with Crippen molar-refractivity contribution in [1.29, 1.82) is 0 Å². The lowest BCUT2D eigenvalue weighted by molar-refractivity contribution is 0.0701. The Morgan fingerprint density at radius 1 is 1.55 bits per heavy atom. The van der Waals surface area contributed by atoms with Gasteiger partial charge in [0, 0.05) is 28.2 Å². The minimum Gasteiger partial charge on any atom is -0.477 e. The second kappa shape index (κ2) is 5.14. The van der Waals surface area contributed by atoms with Gasteiger partial charge in [-0.1, -0.05) is 19.4 Å². The van der Waals surface area contributed by atoms with Crippen LogP contribution in [0.3, 0.4) is 0 Å². The minimum atomic E-state index is -0.981. The molecule has 1 aliphatic carbocycles. The zero-order valence-electron chi connectivity index (χ0n) is 11.1. The van der Waals surface area contributed by atoms with Crippen LogP contribution >= 0.6 is 11.3 Å². The molecule has 0 spiro atoms. The number of benzene rings is 1. The molecule has 2 aromatic rings. The molecule has 106 valence electrons. The lowest BCUT2D eigenvalue weighted by Crippen LogP contribution is -2.18. The highest BCUT2D eigenvalue weighted by Gasteiger charge is 2.35. The molecule has 0 aliphatic heterocycles. The normalized spacial score (nSPS) is 21.3. The second-order valence-electron chi connectivity index (χ2n) is 5.22. The summed E-state index contributed by atoms with van der Waals surface area (Å²) in [5.41, 5.74) is 0.581. The number of nitrogens with one attached hydrogen (secondary N) is 1. The number of carboxylic acids is 1. The molecule has 1 heterocycles. The van der Waals surface area contributed by atoms with E-state index in [0.29, 0.717) is 34.2 Å². The van der Waals surface area contributed by atoms with Crippen molar-refractivity contribution in [2.24, 2.45) is 5.92 Å². The van der Waals surface area contributed by atoms with E-state index in [0.717, 1.165) is 24.2 Å². The van der Waals surface area contributed by atoms with Crippen molar-refractivity contribution < 1.29 is 14.3 Å². The monoisotopic (exact) mass is 293 g/mol. The van der Waals surface area contributed by atoms with E-state index >= 15 is 0 Å². The van der Waals surface area contributed by atoms with Crippen LogP contribution in [-0.2, 0) is 6.54 Å². The van der Waals surface area contributed by atoms with E-state index in [1.54, 1.807) is 12.1 Å². The van der Waals surface area contributed by atoms with Crippen molar-refractivity contribution in [2.75, 3.05) is 0 Å². The molecular weight excluding hydrogens is 277 g/mol. The Hall–Kier alpha value is -1.46. The van der Waals surface area contributed by atoms with E-state index in [1.807, 2.05) is 0 Å². The SMILES string of the molecule is CCC1CC1NCc1c(C(=O)O)sc2cccc(F)c12. The number of halogens is 1. The maximum Gasteiger partial charge on any atom is 0.346 e. The summed E-state index contributed by atoms with van der Waals surface area (Å²) in [4.78, 5) is 11.6. The largest absolute Gasteiger partial charge is 0.477 e. The van der Waals surface area contributed by atoms with Gasteiger partial charge in [-0.25, -0.2) is 9.18 Å². The van der Waals surface area contributed by atoms with Gasteiger partial charge in [-0.15, -0.1) is 11.3 Å². The van der Waals surface area contributed by atoms with E-state index < -0.39 is 5.97 Å². The van der Waals surface area contributed by atoms with Gasteiger partial charge >= 0.3 is 5.97 Å². The molecule has 5 heteroatoms. The number of rotatable bonds is 5. The first-order valence-electron chi connectivity index (χ1n) is 6.78. The van der Waals surface area contributed by atoms with Crippen LogP contribution in [0.1, 0.15) is 35.0 Å². The third kappa shape index (κ3) is 2.31. The average molecular weight is 293 g/mol. The van der Waals surface area contributed by atoms with Crippen molar-refractivity contribution in [2.45, 2.75) is 32.4 Å². The third-order valence-electron chi connectivity index (χ3n) is 3.95. The molecule has 3 rings (SSSR count). The van der Waals surface area contributed by atoms with Crippen molar-refractivity contribution in [3.05, 3.63) is 34.5 Å². The summed E-state index contributed by atoms with van der Waals surface area (Å²) in [6.07, 6.45) is 2.26. The molecule has 1 aromatic carbocycles. The van der Waals surface area contributed by atoms with Crippen LogP contribution in [0.5, 0.6) is 0 Å². The molecule has 0 saturated heterocycles. The van der Waals surface area contributed by atoms with Gasteiger partial charge in [0.25, 0.3) is 0 Å². The molecule has 1 fully saturated rings. The molecule has 0 bridgehead atoms. The van der Waals surface area contributed by atoms with Crippen LogP contribution in [0.4, 0.5) is 4.39 Å². The zero-order valence-corrected chi connectivity index (χ0v) is 12.0. The fourth-order valence-corrected chi connectivity index (χ4v) is 3.76. The Morgan fingerprint density at radius 3 is 3.00 bits per heavy atom. The summed E-state index contributed by atoms with van der Waals surface area (Å²) in [6, 6.07) is 5.22. The maximum absolute atomic E-state index is 14.0. The van der Waals surface area contributed by atoms with Gasteiger partial charge in [-0.05, 0) is 24.5 Å². The Morgan fingerprint density at radius 2 is 2.35 bits per heavy atom. The molecule has 1 aliphatic rings. The van der Waals surface area contributed by atoms with Crippen molar-refractivity contribution in [3.8, 4) is 0 Å². The van der Waals surface area contributed by atoms with Crippen molar-refractivity contribution >= 4 is 27.4 Å². The van der Waals surface area contributed by atoms with Gasteiger partial charge in [0.2, 0.25) is 0 Å². The van der Waals surface area contributed by atoms with Gasteiger partial charge in [0.1, 0.15) is 10.7 Å². The van der Waals surface area contributed by atoms with E-state index in [-0.39, 0.29) is 10.7 Å². The molecule has 1 saturated carbocycles. The molecule has 0 radical (unpaired) electrons. The van der Waals surface area contributed by atoms with Gasteiger partial charge in [0.05, 0.1) is 0 Å². The van der Waals surface area contributed by atoms with E-state index in [4.69, 9.17) is 0 Å². The first-order valence-corrected chi connectivity index (χ1v) is 7.60. The lowest BCUT2D eigenvalue weighted by Gasteiger charge is -2.05. The first kappa shape index (κ1) is 13.5. The van der Waals surface area contributed by atoms with Crippen molar-refractivity contribution in [1.82, 2.24) is 5.32 Å². The molecule has 0 amide bonds. The Labute approximate surface area is 120 Å². The highest BCUT2D eigenvalue weighted by Crippen LogP contribution is 2.36. The topological polar surface area (TPSA) is 49.3 Å². The molecule has 20 heavy (non-hydrogen) atoms. The molecule has 3 nitrogen and oxygen atoms in total. The molecular formula is C15H16FNO2S. The number of hydrogen-bond acceptors (Lipinski definition) is 3. The molecule has 2 N–H and O–H groups in total. The first-order chi connectivity index (χ1) is 9.61. The standard InChI is InChI=1S/C15H16FNO2S/c1-2-8-6-11(8)17-7-9-13-10(16)4-3-5-12(13)20-14(9)15(18)19/h3-5,8,11,17H,2,6-7H2,1H3,(H,18,19). The summed E-state index contributed by atoms with van der Waals surface area (Å²) in [6.45, 7) is 2.57. The molecule has 1 aromatic heterocycles. The summed E-state index contributed by atoms with van der Waals surface area (Å²) in [7, 11) is 0. The van der Waals surface area contributed by atoms with Crippen LogP contribution in [0.15, 0.2) is 18.2 Å². The maximum atomic E-state index is 14.0. The van der Waals surface area contributed by atoms with Gasteiger partial charge in [-0.3, -0.25) is 0 Å². The Bertz CT molecular complexity index is 667. The second-order valence-corrected chi connectivity index (χ2v) is 6.27. The van der Waals surface area contributed by atoms with Gasteiger partial charge in [0.15, 0.2) is 0 Å². The van der Waals surface area contributed by atoms with Crippen LogP contribution in [-0.4, -0.2) is 17.1 Å². The van der Waals surface area contributed by atoms with E-state index in [1.165, 1.54) is 6.07 Å². The number of thiophene rings is 1. The summed E-state index contributed by atoms with van der Waals surface area (Å²) < 4.78 is 14.7. The summed E-state index contributed by atoms with van der Waals surface area (Å²) >= 11 is 1.15. The van der Waals surface area contributed by atoms with Crippen molar-refractivity contribution in [3.63, 3.8) is 0 Å². The highest BCUT2D eigenvalue weighted by molar-refractivity contribution is 7.21. The lowest BCUT2D eigenvalue weighted by atomic mass is 10.1. The fraction of sp³-hybridized carbons (Fsp3) is 0.400. The fourth-order valence-electron chi connectivity index (χ4n) is 2.69. The van der Waals surface area contributed by atoms with Crippen LogP contribution in [0, 0.1) is 11.7 Å². The Balaban J connectivity index is 1.94. The van der Waals surface area contributed by atoms with Crippen LogP contribution in [0.25, 0.3) is 10.1 Å². The van der Waals surface area contributed by atoms with E-state index in [9.17, 15) is 14.3 Å². The predicted octanol–water partition coefficient (Wildman–Crippen LogP) is 3.63. The average Bonchev–Trinajstić information content (AvgIpc) is 3.08. The van der Waals surface area contributed by atoms with Gasteiger partial charge < -0.3 is 10.4 Å². The highest BCUT2D eigenvalue weighted by atomic mass is 32.1. The Kier molecular flexibility index (Phi) is 3.48. The summed E-state index contributed by atoms with van der Waals surface area (Å²) in [5.74, 6) is -0.644. The van der Waals surface area contributed by atoms with Crippen LogP contribution < -0.4 is 5.32 Å². The number of carboxylic acid groups (broad SMARTS) is 1. The smallest absolute Gasteiger partial charge is 0.346 e. The quantitative estimate of drug-likeness (QED) is 0.885. The number of hydrogen-bond donors (Lipinski definition) is 2. The number of carbonyl (C=O) groups is 1. The number of fused-ring (bicyclic) bond motifs is 1. The van der Waals surface area contributed by atoms with Gasteiger partial charge in [-0.2, -0.15) is 0 Å². The van der Waals surface area contributed by atoms with E-state index in [2.05, 4.69) is 12.2 Å². The minimum absolute atomic E-state index is 0.242. The third-order valence-corrected chi connectivity index (χ3v) is 5.13. The summed E-state index contributed by atoms with van der Waals surface area (Å²) in [5, 5.41) is 13.1. The predicted molar refractivity (Wildman–Crippen MR) is 77.8 cm³/mol. The van der Waals surface area contributed by atoms with Crippen LogP contribution in [0.2, 0.25) is 0 Å².